The van der Waals surface area contributed by atoms with Crippen molar-refractivity contribution in [3.05, 3.63) is 21.1 Å². The number of rotatable bonds is 1. The first-order valence-corrected chi connectivity index (χ1v) is 6.03. The third kappa shape index (κ3) is 1.97. The third-order valence-corrected chi connectivity index (χ3v) is 3.82. The van der Waals surface area contributed by atoms with Gasteiger partial charge in [-0.1, -0.05) is 6.08 Å². The third-order valence-electron chi connectivity index (χ3n) is 2.76. The fourth-order valence-corrected chi connectivity index (χ4v) is 2.51. The van der Waals surface area contributed by atoms with E-state index in [1.54, 1.807) is 11.3 Å². The second-order valence-corrected chi connectivity index (χ2v) is 5.33. The van der Waals surface area contributed by atoms with E-state index >= 15 is 0 Å². The number of hydrogen-bond donors (Lipinski definition) is 1. The largest absolute Gasteiger partial charge is 0.337 e. The highest BCUT2D eigenvalue weighted by molar-refractivity contribution is 7.73. The van der Waals surface area contributed by atoms with E-state index in [0.29, 0.717) is 6.04 Å². The van der Waals surface area contributed by atoms with Gasteiger partial charge >= 0.3 is 0 Å². The number of H-pyrrole nitrogens is 1. The summed E-state index contributed by atoms with van der Waals surface area (Å²) in [7, 11) is 2.16. The fourth-order valence-electron chi connectivity index (χ4n) is 1.65. The van der Waals surface area contributed by atoms with Crippen molar-refractivity contribution in [2.75, 3.05) is 13.6 Å². The summed E-state index contributed by atoms with van der Waals surface area (Å²) >= 11 is 6.69. The van der Waals surface area contributed by atoms with Crippen LogP contribution in [0.1, 0.15) is 19.0 Å². The van der Waals surface area contributed by atoms with Crippen molar-refractivity contribution in [1.82, 2.24) is 9.88 Å². The molecule has 2 nitrogen and oxygen atoms in total. The van der Waals surface area contributed by atoms with Crippen molar-refractivity contribution in [1.29, 1.82) is 0 Å². The predicted octanol–water partition coefficient (Wildman–Crippen LogP) is 2.91. The van der Waals surface area contributed by atoms with E-state index in [-0.39, 0.29) is 0 Å². The number of aromatic nitrogens is 1. The second-order valence-electron chi connectivity index (χ2n) is 3.78. The maximum absolute atomic E-state index is 5.08. The van der Waals surface area contributed by atoms with Crippen molar-refractivity contribution in [2.45, 2.75) is 19.4 Å². The Balaban J connectivity index is 2.24. The maximum atomic E-state index is 5.08. The highest BCUT2D eigenvalue weighted by Crippen LogP contribution is 2.25. The van der Waals surface area contributed by atoms with Gasteiger partial charge in [-0.2, -0.15) is 0 Å². The Morgan fingerprint density at radius 3 is 3.00 bits per heavy atom. The summed E-state index contributed by atoms with van der Waals surface area (Å²) in [6.45, 7) is 3.29. The maximum Gasteiger partial charge on any atom is 0.158 e. The number of aromatic amines is 1. The molecule has 0 spiro atoms. The molecule has 0 saturated carbocycles. The number of nitrogens with zero attached hydrogens (tertiary/aromatic N) is 1. The van der Waals surface area contributed by atoms with Crippen LogP contribution in [0.15, 0.2) is 11.5 Å². The molecule has 0 bridgehead atoms. The molecule has 1 aliphatic heterocycles. The zero-order chi connectivity index (χ0) is 10.1. The molecule has 0 aromatic carbocycles. The van der Waals surface area contributed by atoms with Crippen LogP contribution in [-0.4, -0.2) is 29.5 Å². The molecule has 1 atom stereocenters. The molecule has 1 aliphatic rings. The van der Waals surface area contributed by atoms with Crippen LogP contribution in [0.2, 0.25) is 0 Å². The highest BCUT2D eigenvalue weighted by atomic mass is 32.1. The van der Waals surface area contributed by atoms with Crippen molar-refractivity contribution < 1.29 is 0 Å². The van der Waals surface area contributed by atoms with Gasteiger partial charge in [0.05, 0.1) is 5.69 Å². The summed E-state index contributed by atoms with van der Waals surface area (Å²) in [6, 6.07) is 0.622. The van der Waals surface area contributed by atoms with E-state index in [4.69, 9.17) is 12.2 Å². The topological polar surface area (TPSA) is 19.0 Å². The lowest BCUT2D eigenvalue weighted by molar-refractivity contribution is 0.279. The van der Waals surface area contributed by atoms with Gasteiger partial charge in [-0.3, -0.25) is 4.90 Å². The highest BCUT2D eigenvalue weighted by Gasteiger charge is 2.17. The molecule has 76 valence electrons. The predicted molar refractivity (Wildman–Crippen MR) is 64.2 cm³/mol. The number of likely N-dealkylation sites (N-methyl/N-ethyl adjacent to an activating group) is 1. The van der Waals surface area contributed by atoms with E-state index < -0.39 is 0 Å². The van der Waals surface area contributed by atoms with Gasteiger partial charge in [-0.05, 0) is 38.2 Å². The number of thiazole rings is 1. The standard InChI is InChI=1S/C10H14N2S2/c1-7-5-8(3-4-12(7)2)9-6-14-10(13)11-9/h3,6-7H,4-5H2,1-2H3,(H,11,13). The van der Waals surface area contributed by atoms with E-state index in [0.717, 1.165) is 16.9 Å². The molecular formula is C10H14N2S2. The second kappa shape index (κ2) is 3.96. The molecule has 1 unspecified atom stereocenters. The van der Waals surface area contributed by atoms with Crippen LogP contribution < -0.4 is 0 Å². The van der Waals surface area contributed by atoms with Gasteiger partial charge in [0, 0.05) is 18.0 Å². The van der Waals surface area contributed by atoms with E-state index in [1.807, 2.05) is 0 Å². The van der Waals surface area contributed by atoms with Crippen molar-refractivity contribution in [3.8, 4) is 0 Å². The lowest BCUT2D eigenvalue weighted by Crippen LogP contribution is -2.32. The monoisotopic (exact) mass is 226 g/mol. The average Bonchev–Trinajstić information content (AvgIpc) is 2.57. The Hall–Kier alpha value is -0.450. The first kappa shape index (κ1) is 10.1. The zero-order valence-corrected chi connectivity index (χ0v) is 10.0. The summed E-state index contributed by atoms with van der Waals surface area (Å²) in [5, 5.41) is 2.12. The summed E-state index contributed by atoms with van der Waals surface area (Å²) in [4.78, 5) is 5.58. The molecule has 0 radical (unpaired) electrons. The minimum atomic E-state index is 0.622. The summed E-state index contributed by atoms with van der Waals surface area (Å²) in [5.74, 6) is 0. The zero-order valence-electron chi connectivity index (χ0n) is 8.41. The Bertz CT molecular complexity index is 402. The van der Waals surface area contributed by atoms with E-state index in [9.17, 15) is 0 Å². The minimum absolute atomic E-state index is 0.622. The van der Waals surface area contributed by atoms with Gasteiger partial charge in [-0.25, -0.2) is 0 Å². The molecule has 2 rings (SSSR count). The van der Waals surface area contributed by atoms with Gasteiger partial charge in [0.1, 0.15) is 0 Å². The Kier molecular flexibility index (Phi) is 2.85. The molecule has 4 heteroatoms. The fraction of sp³-hybridized carbons (Fsp3) is 0.500. The van der Waals surface area contributed by atoms with E-state index in [2.05, 4.69) is 35.3 Å². The first-order chi connectivity index (χ1) is 6.66. The molecule has 14 heavy (non-hydrogen) atoms. The SMILES string of the molecule is CC1CC(c2csc(=S)[nH]2)=CCN1C. The van der Waals surface area contributed by atoms with Gasteiger partial charge in [0.25, 0.3) is 0 Å². The van der Waals surface area contributed by atoms with Crippen LogP contribution in [0, 0.1) is 3.95 Å². The first-order valence-electron chi connectivity index (χ1n) is 4.74. The smallest absolute Gasteiger partial charge is 0.158 e. The van der Waals surface area contributed by atoms with Crippen LogP contribution in [-0.2, 0) is 0 Å². The van der Waals surface area contributed by atoms with Crippen LogP contribution in [0.3, 0.4) is 0 Å². The van der Waals surface area contributed by atoms with Gasteiger partial charge < -0.3 is 4.98 Å². The molecule has 2 heterocycles. The van der Waals surface area contributed by atoms with Crippen molar-refractivity contribution in [2.24, 2.45) is 0 Å². The average molecular weight is 226 g/mol. The quantitative estimate of drug-likeness (QED) is 0.743. The Labute approximate surface area is 93.3 Å². The normalized spacial score (nSPS) is 23.6. The van der Waals surface area contributed by atoms with Crippen molar-refractivity contribution in [3.63, 3.8) is 0 Å². The van der Waals surface area contributed by atoms with Crippen molar-refractivity contribution >= 4 is 29.1 Å². The molecule has 0 amide bonds. The molecule has 1 aromatic rings. The van der Waals surface area contributed by atoms with Crippen LogP contribution in [0.4, 0.5) is 0 Å². The molecule has 0 fully saturated rings. The van der Waals surface area contributed by atoms with E-state index in [1.165, 1.54) is 11.3 Å². The molecule has 1 N–H and O–H groups in total. The van der Waals surface area contributed by atoms with Gasteiger partial charge in [0.15, 0.2) is 3.95 Å². The molecular weight excluding hydrogens is 212 g/mol. The lowest BCUT2D eigenvalue weighted by Gasteiger charge is -2.28. The number of hydrogen-bond acceptors (Lipinski definition) is 3. The van der Waals surface area contributed by atoms with Gasteiger partial charge in [-0.15, -0.1) is 11.3 Å². The Morgan fingerprint density at radius 1 is 1.64 bits per heavy atom. The summed E-state index contributed by atoms with van der Waals surface area (Å²) in [5.41, 5.74) is 2.61. The van der Waals surface area contributed by atoms with Gasteiger partial charge in [0.2, 0.25) is 0 Å². The Morgan fingerprint density at radius 2 is 2.43 bits per heavy atom. The summed E-state index contributed by atoms with van der Waals surface area (Å²) in [6.07, 6.45) is 3.39. The lowest BCUT2D eigenvalue weighted by atomic mass is 10.00. The molecule has 1 aromatic heterocycles. The van der Waals surface area contributed by atoms with Crippen LogP contribution >= 0.6 is 23.6 Å². The number of nitrogens with one attached hydrogen (secondary N) is 1. The molecule has 0 saturated heterocycles. The summed E-state index contributed by atoms with van der Waals surface area (Å²) < 4.78 is 0.868. The van der Waals surface area contributed by atoms with Crippen LogP contribution in [0.25, 0.3) is 5.57 Å². The molecule has 0 aliphatic carbocycles. The minimum Gasteiger partial charge on any atom is -0.337 e. The van der Waals surface area contributed by atoms with Crippen LogP contribution in [0.5, 0.6) is 0 Å².